The van der Waals surface area contributed by atoms with E-state index in [0.29, 0.717) is 31.2 Å². The van der Waals surface area contributed by atoms with Gasteiger partial charge in [0.15, 0.2) is 0 Å². The number of nitrogens with one attached hydrogen (secondary N) is 1. The second-order valence-electron chi connectivity index (χ2n) is 8.04. The fourth-order valence-electron chi connectivity index (χ4n) is 3.76. The van der Waals surface area contributed by atoms with E-state index in [1.165, 1.54) is 27.0 Å². The van der Waals surface area contributed by atoms with Crippen molar-refractivity contribution in [3.05, 3.63) is 54.1 Å². The molecule has 1 saturated heterocycles. The number of anilines is 1. The highest BCUT2D eigenvalue weighted by Gasteiger charge is 2.32. The zero-order valence-electron chi connectivity index (χ0n) is 18.4. The number of rotatable bonds is 6. The molecule has 1 atom stereocenters. The van der Waals surface area contributed by atoms with Crippen LogP contribution in [-0.4, -0.2) is 63.1 Å². The SMILES string of the molecule is C[C@@H]1CSc2ccc(S(=O)(=O)N3CCOCC3)cc2N(CC(=O)NCc2ccccc2)C1=O. The van der Waals surface area contributed by atoms with Crippen LogP contribution in [0.2, 0.25) is 0 Å². The van der Waals surface area contributed by atoms with E-state index in [1.54, 1.807) is 12.1 Å². The van der Waals surface area contributed by atoms with Crippen LogP contribution >= 0.6 is 11.8 Å². The van der Waals surface area contributed by atoms with E-state index in [0.717, 1.165) is 10.5 Å². The van der Waals surface area contributed by atoms with Gasteiger partial charge in [0.05, 0.1) is 23.8 Å². The summed E-state index contributed by atoms with van der Waals surface area (Å²) in [5, 5.41) is 2.85. The van der Waals surface area contributed by atoms with Gasteiger partial charge in [-0.05, 0) is 23.8 Å². The van der Waals surface area contributed by atoms with Crippen LogP contribution in [-0.2, 0) is 30.9 Å². The molecular formula is C23H27N3O5S2. The van der Waals surface area contributed by atoms with Crippen LogP contribution < -0.4 is 10.2 Å². The summed E-state index contributed by atoms with van der Waals surface area (Å²) in [7, 11) is -3.73. The molecule has 2 heterocycles. The van der Waals surface area contributed by atoms with Crippen molar-refractivity contribution in [1.82, 2.24) is 9.62 Å². The lowest BCUT2D eigenvalue weighted by Gasteiger charge is -2.27. The molecule has 8 nitrogen and oxygen atoms in total. The van der Waals surface area contributed by atoms with Gasteiger partial charge in [-0.2, -0.15) is 4.31 Å². The monoisotopic (exact) mass is 489 g/mol. The van der Waals surface area contributed by atoms with Gasteiger partial charge in [-0.3, -0.25) is 9.59 Å². The first kappa shape index (κ1) is 23.7. The van der Waals surface area contributed by atoms with Crippen molar-refractivity contribution in [2.24, 2.45) is 5.92 Å². The molecular weight excluding hydrogens is 462 g/mol. The van der Waals surface area contributed by atoms with Crippen LogP contribution in [0.25, 0.3) is 0 Å². The lowest BCUT2D eigenvalue weighted by Crippen LogP contribution is -2.43. The minimum atomic E-state index is -3.73. The van der Waals surface area contributed by atoms with Gasteiger partial charge in [-0.25, -0.2) is 8.42 Å². The molecule has 2 aromatic carbocycles. The van der Waals surface area contributed by atoms with Crippen LogP contribution in [0.3, 0.4) is 0 Å². The lowest BCUT2D eigenvalue weighted by molar-refractivity contribution is -0.125. The maximum Gasteiger partial charge on any atom is 0.243 e. The smallest absolute Gasteiger partial charge is 0.243 e. The number of sulfonamides is 1. The second-order valence-corrected chi connectivity index (χ2v) is 11.0. The Balaban J connectivity index is 1.59. The zero-order chi connectivity index (χ0) is 23.4. The molecule has 0 bridgehead atoms. The molecule has 1 N–H and O–H groups in total. The van der Waals surface area contributed by atoms with E-state index in [1.807, 2.05) is 37.3 Å². The van der Waals surface area contributed by atoms with Crippen LogP contribution in [0.4, 0.5) is 5.69 Å². The van der Waals surface area contributed by atoms with Gasteiger partial charge in [-0.15, -0.1) is 11.8 Å². The van der Waals surface area contributed by atoms with Gasteiger partial charge in [0, 0.05) is 36.2 Å². The van der Waals surface area contributed by atoms with E-state index < -0.39 is 10.0 Å². The Morgan fingerprint density at radius 1 is 1.15 bits per heavy atom. The molecule has 2 aromatic rings. The van der Waals surface area contributed by atoms with Crippen molar-refractivity contribution >= 4 is 39.3 Å². The third kappa shape index (κ3) is 5.40. The maximum atomic E-state index is 13.2. The maximum absolute atomic E-state index is 13.2. The van der Waals surface area contributed by atoms with E-state index in [4.69, 9.17) is 4.74 Å². The van der Waals surface area contributed by atoms with E-state index in [9.17, 15) is 18.0 Å². The molecule has 0 aliphatic carbocycles. The number of hydrogen-bond donors (Lipinski definition) is 1. The van der Waals surface area contributed by atoms with Crippen molar-refractivity contribution in [3.8, 4) is 0 Å². The number of morpholine rings is 1. The van der Waals surface area contributed by atoms with Crippen molar-refractivity contribution in [3.63, 3.8) is 0 Å². The Labute approximate surface area is 198 Å². The Morgan fingerprint density at radius 2 is 1.88 bits per heavy atom. The summed E-state index contributed by atoms with van der Waals surface area (Å²) in [6.45, 7) is 3.27. The molecule has 0 aromatic heterocycles. The molecule has 0 spiro atoms. The largest absolute Gasteiger partial charge is 0.379 e. The van der Waals surface area contributed by atoms with Crippen molar-refractivity contribution in [2.75, 3.05) is 43.5 Å². The minimum absolute atomic E-state index is 0.112. The number of hydrogen-bond acceptors (Lipinski definition) is 6. The number of ether oxygens (including phenoxy) is 1. The summed E-state index contributed by atoms with van der Waals surface area (Å²) in [5.41, 5.74) is 1.41. The average Bonchev–Trinajstić information content (AvgIpc) is 2.95. The first-order chi connectivity index (χ1) is 15.9. The highest BCUT2D eigenvalue weighted by molar-refractivity contribution is 7.99. The predicted molar refractivity (Wildman–Crippen MR) is 127 cm³/mol. The third-order valence-electron chi connectivity index (χ3n) is 5.64. The van der Waals surface area contributed by atoms with Crippen LogP contribution in [0.1, 0.15) is 12.5 Å². The van der Waals surface area contributed by atoms with E-state index in [2.05, 4.69) is 5.32 Å². The number of carbonyl (C=O) groups excluding carboxylic acids is 2. The van der Waals surface area contributed by atoms with Crippen molar-refractivity contribution in [1.29, 1.82) is 0 Å². The minimum Gasteiger partial charge on any atom is -0.379 e. The van der Waals surface area contributed by atoms with Gasteiger partial charge in [0.1, 0.15) is 6.54 Å². The normalized spacial score (nSPS) is 19.6. The van der Waals surface area contributed by atoms with Gasteiger partial charge in [0.25, 0.3) is 0 Å². The molecule has 0 radical (unpaired) electrons. The quantitative estimate of drug-likeness (QED) is 0.668. The number of fused-ring (bicyclic) bond motifs is 1. The lowest BCUT2D eigenvalue weighted by atomic mass is 10.1. The van der Waals surface area contributed by atoms with Gasteiger partial charge in [0.2, 0.25) is 21.8 Å². The summed E-state index contributed by atoms with van der Waals surface area (Å²) < 4.78 is 33.0. The molecule has 33 heavy (non-hydrogen) atoms. The van der Waals surface area contributed by atoms with E-state index >= 15 is 0 Å². The number of carbonyl (C=O) groups is 2. The highest BCUT2D eigenvalue weighted by atomic mass is 32.2. The number of nitrogens with zero attached hydrogens (tertiary/aromatic N) is 2. The fraction of sp³-hybridized carbons (Fsp3) is 0.391. The molecule has 2 aliphatic heterocycles. The molecule has 2 amide bonds. The summed E-state index contributed by atoms with van der Waals surface area (Å²) in [4.78, 5) is 28.2. The summed E-state index contributed by atoms with van der Waals surface area (Å²) in [6.07, 6.45) is 0. The molecule has 0 unspecified atom stereocenters. The zero-order valence-corrected chi connectivity index (χ0v) is 20.0. The summed E-state index contributed by atoms with van der Waals surface area (Å²) in [6, 6.07) is 14.3. The van der Waals surface area contributed by atoms with Crippen molar-refractivity contribution in [2.45, 2.75) is 23.3 Å². The Morgan fingerprint density at radius 3 is 2.61 bits per heavy atom. The van der Waals surface area contributed by atoms with Gasteiger partial charge >= 0.3 is 0 Å². The molecule has 10 heteroatoms. The topological polar surface area (TPSA) is 96.0 Å². The molecule has 0 saturated carbocycles. The third-order valence-corrected chi connectivity index (χ3v) is 8.86. The number of benzene rings is 2. The molecule has 4 rings (SSSR count). The van der Waals surface area contributed by atoms with Crippen LogP contribution in [0, 0.1) is 5.92 Å². The predicted octanol–water partition coefficient (Wildman–Crippen LogP) is 2.10. The molecule has 1 fully saturated rings. The first-order valence-corrected chi connectivity index (χ1v) is 13.3. The summed E-state index contributed by atoms with van der Waals surface area (Å²) >= 11 is 1.49. The summed E-state index contributed by atoms with van der Waals surface area (Å²) in [5.74, 6) is -0.247. The van der Waals surface area contributed by atoms with Gasteiger partial charge in [-0.1, -0.05) is 37.3 Å². The Hall–Kier alpha value is -2.40. The van der Waals surface area contributed by atoms with E-state index in [-0.39, 0.29) is 42.3 Å². The Kier molecular flexibility index (Phi) is 7.38. The highest BCUT2D eigenvalue weighted by Crippen LogP contribution is 2.38. The molecule has 2 aliphatic rings. The fourth-order valence-corrected chi connectivity index (χ4v) is 6.24. The number of amides is 2. The van der Waals surface area contributed by atoms with Crippen LogP contribution in [0.15, 0.2) is 58.3 Å². The Bertz CT molecular complexity index is 1120. The first-order valence-electron chi connectivity index (χ1n) is 10.8. The number of thioether (sulfide) groups is 1. The van der Waals surface area contributed by atoms with Gasteiger partial charge < -0.3 is 15.0 Å². The van der Waals surface area contributed by atoms with Crippen LogP contribution in [0.5, 0.6) is 0 Å². The average molecular weight is 490 g/mol. The standard InChI is InChI=1S/C23H27N3O5S2/c1-17-16-32-21-8-7-19(33(29,30)25-9-11-31-12-10-25)13-20(21)26(23(17)28)15-22(27)24-14-18-5-3-2-4-6-18/h2-8,13,17H,9-12,14-16H2,1H3,(H,24,27)/t17-/m1/s1. The molecule has 176 valence electrons. The van der Waals surface area contributed by atoms with Crippen molar-refractivity contribution < 1.29 is 22.7 Å². The second kappa shape index (κ2) is 10.3.